The van der Waals surface area contributed by atoms with E-state index in [-0.39, 0.29) is 18.4 Å². The predicted octanol–water partition coefficient (Wildman–Crippen LogP) is 1.70. The van der Waals surface area contributed by atoms with E-state index in [2.05, 4.69) is 10.2 Å². The monoisotopic (exact) mass is 334 g/mol. The molecule has 0 spiro atoms. The fraction of sp³-hybridized carbons (Fsp3) is 0.938. The van der Waals surface area contributed by atoms with Crippen LogP contribution in [0, 0.1) is 11.3 Å². The second kappa shape index (κ2) is 9.71. The van der Waals surface area contributed by atoms with Gasteiger partial charge < -0.3 is 19.7 Å². The van der Waals surface area contributed by atoms with Crippen molar-refractivity contribution in [3.8, 4) is 0 Å². The number of hydrogen-bond donors (Lipinski definition) is 1. The van der Waals surface area contributed by atoms with E-state index in [1.165, 1.54) is 12.8 Å². The van der Waals surface area contributed by atoms with E-state index in [1.54, 1.807) is 7.11 Å². The Morgan fingerprint density at radius 2 is 2.09 bits per heavy atom. The van der Waals surface area contributed by atoms with E-state index in [9.17, 15) is 4.79 Å². The summed E-state index contributed by atoms with van der Waals surface area (Å²) in [6.07, 6.45) is 4.30. The van der Waals surface area contributed by atoms with Crippen LogP contribution in [0.3, 0.4) is 0 Å². The van der Waals surface area contributed by atoms with E-state index in [4.69, 9.17) is 9.47 Å². The van der Waals surface area contributed by atoms with Gasteiger partial charge in [0.1, 0.15) is 0 Å². The molecule has 0 aliphatic carbocycles. The standard InChI is InChI=1S/C16H30N2O3.ClH/c1-3-21-15(19)16(13-20-2)6-9-18(10-7-16)12-14-5-4-8-17-11-14;/h14,17H,3-13H2,1-2H3;1H. The molecule has 1 unspecified atom stereocenters. The van der Waals surface area contributed by atoms with Crippen molar-refractivity contribution in [2.45, 2.75) is 32.6 Å². The fourth-order valence-electron chi connectivity index (χ4n) is 3.58. The van der Waals surface area contributed by atoms with Gasteiger partial charge in [0.25, 0.3) is 0 Å². The molecule has 130 valence electrons. The van der Waals surface area contributed by atoms with Crippen LogP contribution in [-0.4, -0.2) is 63.9 Å². The van der Waals surface area contributed by atoms with Crippen LogP contribution in [-0.2, 0) is 14.3 Å². The van der Waals surface area contributed by atoms with Crippen molar-refractivity contribution in [2.75, 3.05) is 53.0 Å². The summed E-state index contributed by atoms with van der Waals surface area (Å²) in [5.74, 6) is 0.683. The number of hydrogen-bond acceptors (Lipinski definition) is 5. The van der Waals surface area contributed by atoms with Gasteiger partial charge in [0.2, 0.25) is 0 Å². The first-order valence-corrected chi connectivity index (χ1v) is 8.29. The number of carbonyl (C=O) groups excluding carboxylic acids is 1. The Bertz CT molecular complexity index is 327. The highest BCUT2D eigenvalue weighted by molar-refractivity contribution is 5.85. The van der Waals surface area contributed by atoms with Crippen molar-refractivity contribution in [3.05, 3.63) is 0 Å². The second-order valence-electron chi connectivity index (χ2n) is 6.45. The molecule has 6 heteroatoms. The number of nitrogens with zero attached hydrogens (tertiary/aromatic N) is 1. The molecule has 2 aliphatic heterocycles. The van der Waals surface area contributed by atoms with Gasteiger partial charge in [0, 0.05) is 13.7 Å². The summed E-state index contributed by atoms with van der Waals surface area (Å²) in [7, 11) is 1.67. The van der Waals surface area contributed by atoms with E-state index in [0.717, 1.165) is 51.5 Å². The lowest BCUT2D eigenvalue weighted by atomic mass is 9.78. The molecular weight excluding hydrogens is 304 g/mol. The number of methoxy groups -OCH3 is 1. The van der Waals surface area contributed by atoms with Crippen LogP contribution >= 0.6 is 12.4 Å². The molecule has 2 fully saturated rings. The minimum Gasteiger partial charge on any atom is -0.465 e. The number of rotatable bonds is 6. The second-order valence-corrected chi connectivity index (χ2v) is 6.45. The van der Waals surface area contributed by atoms with Gasteiger partial charge in [-0.2, -0.15) is 0 Å². The molecular formula is C16H31ClN2O3. The summed E-state index contributed by atoms with van der Waals surface area (Å²) in [6.45, 7) is 8.18. The van der Waals surface area contributed by atoms with Crippen LogP contribution < -0.4 is 5.32 Å². The molecule has 2 rings (SSSR count). The average molecular weight is 335 g/mol. The molecule has 0 saturated carbocycles. The van der Waals surface area contributed by atoms with Crippen LogP contribution in [0.25, 0.3) is 0 Å². The summed E-state index contributed by atoms with van der Waals surface area (Å²) >= 11 is 0. The molecule has 0 amide bonds. The predicted molar refractivity (Wildman–Crippen MR) is 89.5 cm³/mol. The van der Waals surface area contributed by atoms with Gasteiger partial charge in [-0.25, -0.2) is 0 Å². The molecule has 0 bridgehead atoms. The van der Waals surface area contributed by atoms with Crippen LogP contribution in [0.1, 0.15) is 32.6 Å². The van der Waals surface area contributed by atoms with Gasteiger partial charge in [-0.1, -0.05) is 0 Å². The van der Waals surface area contributed by atoms with Gasteiger partial charge in [0.05, 0.1) is 18.6 Å². The summed E-state index contributed by atoms with van der Waals surface area (Å²) in [5, 5.41) is 3.48. The Labute approximate surface area is 140 Å². The lowest BCUT2D eigenvalue weighted by molar-refractivity contribution is -0.162. The maximum atomic E-state index is 12.3. The molecule has 1 N–H and O–H groups in total. The lowest BCUT2D eigenvalue weighted by Crippen LogP contribution is -2.49. The Kier molecular flexibility index (Phi) is 8.69. The van der Waals surface area contributed by atoms with E-state index in [0.29, 0.717) is 13.2 Å². The molecule has 0 aromatic heterocycles. The molecule has 0 aromatic rings. The highest BCUT2D eigenvalue weighted by Gasteiger charge is 2.43. The van der Waals surface area contributed by atoms with Crippen LogP contribution in [0.5, 0.6) is 0 Å². The van der Waals surface area contributed by atoms with E-state index < -0.39 is 5.41 Å². The molecule has 0 radical (unpaired) electrons. The minimum atomic E-state index is -0.425. The molecule has 2 aliphatic rings. The maximum Gasteiger partial charge on any atom is 0.314 e. The number of halogens is 1. The smallest absolute Gasteiger partial charge is 0.314 e. The Morgan fingerprint density at radius 3 is 2.64 bits per heavy atom. The molecule has 0 aromatic carbocycles. The SMILES string of the molecule is CCOC(=O)C1(COC)CCN(CC2CCCNC2)CC1.Cl. The summed E-state index contributed by atoms with van der Waals surface area (Å²) in [4.78, 5) is 14.8. The van der Waals surface area contributed by atoms with Crippen LogP contribution in [0.4, 0.5) is 0 Å². The fourth-order valence-corrected chi connectivity index (χ4v) is 3.58. The summed E-state index contributed by atoms with van der Waals surface area (Å²) < 4.78 is 10.6. The molecule has 2 saturated heterocycles. The van der Waals surface area contributed by atoms with Gasteiger partial charge >= 0.3 is 5.97 Å². The zero-order chi connectivity index (χ0) is 15.1. The topological polar surface area (TPSA) is 50.8 Å². The first-order valence-electron chi connectivity index (χ1n) is 8.29. The highest BCUT2D eigenvalue weighted by atomic mass is 35.5. The van der Waals surface area contributed by atoms with Crippen LogP contribution in [0.2, 0.25) is 0 Å². The molecule has 1 atom stereocenters. The Hall–Kier alpha value is -0.360. The summed E-state index contributed by atoms with van der Waals surface area (Å²) in [6, 6.07) is 0. The Balaban J connectivity index is 0.00000242. The first kappa shape index (κ1) is 19.7. The van der Waals surface area contributed by atoms with Crippen LogP contribution in [0.15, 0.2) is 0 Å². The third-order valence-electron chi connectivity index (χ3n) is 4.86. The van der Waals surface area contributed by atoms with Gasteiger partial charge in [-0.15, -0.1) is 12.4 Å². The van der Waals surface area contributed by atoms with Gasteiger partial charge in [-0.3, -0.25) is 4.79 Å². The van der Waals surface area contributed by atoms with E-state index in [1.807, 2.05) is 6.92 Å². The number of likely N-dealkylation sites (tertiary alicyclic amines) is 1. The summed E-state index contributed by atoms with van der Waals surface area (Å²) in [5.41, 5.74) is -0.425. The third-order valence-corrected chi connectivity index (χ3v) is 4.86. The minimum absolute atomic E-state index is 0. The molecule has 2 heterocycles. The van der Waals surface area contributed by atoms with Crippen molar-refractivity contribution in [1.29, 1.82) is 0 Å². The van der Waals surface area contributed by atoms with Crippen molar-refractivity contribution >= 4 is 18.4 Å². The Morgan fingerprint density at radius 1 is 1.36 bits per heavy atom. The third kappa shape index (κ3) is 5.08. The first-order chi connectivity index (χ1) is 10.2. The van der Waals surface area contributed by atoms with E-state index >= 15 is 0 Å². The lowest BCUT2D eigenvalue weighted by Gasteiger charge is -2.41. The normalized spacial score (nSPS) is 25.3. The average Bonchev–Trinajstić information content (AvgIpc) is 2.51. The molecule has 5 nitrogen and oxygen atoms in total. The van der Waals surface area contributed by atoms with Gasteiger partial charge in [0.15, 0.2) is 0 Å². The van der Waals surface area contributed by atoms with Crippen molar-refractivity contribution in [3.63, 3.8) is 0 Å². The number of esters is 1. The zero-order valence-electron chi connectivity index (χ0n) is 13.9. The number of nitrogens with one attached hydrogen (secondary N) is 1. The molecule has 22 heavy (non-hydrogen) atoms. The highest BCUT2D eigenvalue weighted by Crippen LogP contribution is 2.34. The van der Waals surface area contributed by atoms with Crippen molar-refractivity contribution in [1.82, 2.24) is 10.2 Å². The van der Waals surface area contributed by atoms with Gasteiger partial charge in [-0.05, 0) is 64.7 Å². The van der Waals surface area contributed by atoms with Crippen molar-refractivity contribution in [2.24, 2.45) is 11.3 Å². The quantitative estimate of drug-likeness (QED) is 0.749. The van der Waals surface area contributed by atoms with Crippen molar-refractivity contribution < 1.29 is 14.3 Å². The number of ether oxygens (including phenoxy) is 2. The largest absolute Gasteiger partial charge is 0.465 e. The number of piperidine rings is 2. The maximum absolute atomic E-state index is 12.3. The number of carbonyl (C=O) groups is 1. The zero-order valence-corrected chi connectivity index (χ0v) is 14.8.